The van der Waals surface area contributed by atoms with E-state index in [-0.39, 0.29) is 18.1 Å². The Morgan fingerprint density at radius 2 is 2.31 bits per heavy atom. The molecule has 94 valence electrons. The van der Waals surface area contributed by atoms with Crippen LogP contribution in [0.25, 0.3) is 0 Å². The predicted molar refractivity (Wildman–Crippen MR) is 64.1 cm³/mol. The Bertz CT molecular complexity index is 221. The van der Waals surface area contributed by atoms with Gasteiger partial charge in [-0.15, -0.1) is 0 Å². The molecule has 0 saturated carbocycles. The molecule has 0 spiro atoms. The van der Waals surface area contributed by atoms with Gasteiger partial charge in [-0.2, -0.15) is 0 Å². The van der Waals surface area contributed by atoms with Crippen molar-refractivity contribution in [1.82, 2.24) is 10.2 Å². The fourth-order valence-electron chi connectivity index (χ4n) is 2.04. The summed E-state index contributed by atoms with van der Waals surface area (Å²) in [7, 11) is 0. The minimum atomic E-state index is 0.0359. The second-order valence-corrected chi connectivity index (χ2v) is 4.38. The van der Waals surface area contributed by atoms with E-state index in [4.69, 9.17) is 4.74 Å². The Kier molecular flexibility index (Phi) is 5.77. The van der Waals surface area contributed by atoms with E-state index in [2.05, 4.69) is 12.2 Å². The molecule has 1 aliphatic heterocycles. The van der Waals surface area contributed by atoms with E-state index in [0.717, 1.165) is 19.3 Å². The standard InChI is InChI=1S/C12H24N2O2/c1-4-6-7-11-12(15)14(9-13-11)8-10(3)16-5-2/h10-11,13H,4-9H2,1-3H3. The minimum Gasteiger partial charge on any atom is -0.377 e. The molecule has 0 aliphatic carbocycles. The maximum absolute atomic E-state index is 12.0. The van der Waals surface area contributed by atoms with Crippen LogP contribution in [0, 0.1) is 0 Å². The third kappa shape index (κ3) is 3.76. The van der Waals surface area contributed by atoms with Gasteiger partial charge in [-0.1, -0.05) is 19.8 Å². The molecule has 1 rings (SSSR count). The van der Waals surface area contributed by atoms with Crippen molar-refractivity contribution in [2.45, 2.75) is 52.2 Å². The summed E-state index contributed by atoms with van der Waals surface area (Å²) in [4.78, 5) is 13.8. The summed E-state index contributed by atoms with van der Waals surface area (Å²) in [6, 6.07) is 0.0359. The molecule has 16 heavy (non-hydrogen) atoms. The van der Waals surface area contributed by atoms with Gasteiger partial charge in [-0.05, 0) is 20.3 Å². The molecule has 0 bridgehead atoms. The van der Waals surface area contributed by atoms with Crippen LogP contribution < -0.4 is 5.32 Å². The monoisotopic (exact) mass is 228 g/mol. The van der Waals surface area contributed by atoms with Gasteiger partial charge in [0.1, 0.15) is 0 Å². The van der Waals surface area contributed by atoms with Crippen LogP contribution in [0.15, 0.2) is 0 Å². The van der Waals surface area contributed by atoms with Crippen LogP contribution in [-0.4, -0.2) is 42.8 Å². The first kappa shape index (κ1) is 13.5. The summed E-state index contributed by atoms with van der Waals surface area (Å²) in [5, 5.41) is 3.26. The lowest BCUT2D eigenvalue weighted by atomic mass is 10.1. The second kappa shape index (κ2) is 6.86. The van der Waals surface area contributed by atoms with Crippen molar-refractivity contribution in [3.05, 3.63) is 0 Å². The van der Waals surface area contributed by atoms with Crippen molar-refractivity contribution >= 4 is 5.91 Å². The summed E-state index contributed by atoms with van der Waals surface area (Å²) in [5.41, 5.74) is 0. The van der Waals surface area contributed by atoms with E-state index in [0.29, 0.717) is 19.8 Å². The van der Waals surface area contributed by atoms with Crippen molar-refractivity contribution in [1.29, 1.82) is 0 Å². The average molecular weight is 228 g/mol. The Labute approximate surface area is 98.3 Å². The molecule has 0 radical (unpaired) electrons. The van der Waals surface area contributed by atoms with Crippen LogP contribution in [-0.2, 0) is 9.53 Å². The zero-order valence-electron chi connectivity index (χ0n) is 10.7. The maximum Gasteiger partial charge on any atom is 0.240 e. The molecule has 2 unspecified atom stereocenters. The average Bonchev–Trinajstić information content (AvgIpc) is 2.58. The molecule has 0 aromatic carbocycles. The van der Waals surface area contributed by atoms with Crippen molar-refractivity contribution < 1.29 is 9.53 Å². The number of rotatable bonds is 7. The number of carbonyl (C=O) groups excluding carboxylic acids is 1. The van der Waals surface area contributed by atoms with Crippen LogP contribution in [0.3, 0.4) is 0 Å². The molecule has 1 heterocycles. The van der Waals surface area contributed by atoms with E-state index >= 15 is 0 Å². The van der Waals surface area contributed by atoms with Gasteiger partial charge in [0.2, 0.25) is 5.91 Å². The van der Waals surface area contributed by atoms with Crippen LogP contribution in [0.2, 0.25) is 0 Å². The molecule has 4 heteroatoms. The van der Waals surface area contributed by atoms with E-state index in [9.17, 15) is 4.79 Å². The first-order valence-electron chi connectivity index (χ1n) is 6.32. The lowest BCUT2D eigenvalue weighted by molar-refractivity contribution is -0.130. The normalized spacial score (nSPS) is 22.8. The van der Waals surface area contributed by atoms with Crippen LogP contribution in [0.4, 0.5) is 0 Å². The zero-order chi connectivity index (χ0) is 12.0. The van der Waals surface area contributed by atoms with E-state index < -0.39 is 0 Å². The van der Waals surface area contributed by atoms with E-state index in [1.54, 1.807) is 0 Å². The molecule has 4 nitrogen and oxygen atoms in total. The largest absolute Gasteiger partial charge is 0.377 e. The summed E-state index contributed by atoms with van der Waals surface area (Å²) >= 11 is 0. The fraction of sp³-hybridized carbons (Fsp3) is 0.917. The number of hydrogen-bond donors (Lipinski definition) is 1. The number of carbonyl (C=O) groups is 1. The summed E-state index contributed by atoms with van der Waals surface area (Å²) in [5.74, 6) is 0.236. The summed E-state index contributed by atoms with van der Waals surface area (Å²) in [6.45, 7) is 8.21. The van der Waals surface area contributed by atoms with Gasteiger partial charge >= 0.3 is 0 Å². The predicted octanol–water partition coefficient (Wildman–Crippen LogP) is 1.36. The Hall–Kier alpha value is -0.610. The van der Waals surface area contributed by atoms with Gasteiger partial charge in [-0.3, -0.25) is 10.1 Å². The number of nitrogens with zero attached hydrogens (tertiary/aromatic N) is 1. The molecule has 0 aromatic rings. The number of ether oxygens (including phenoxy) is 1. The topological polar surface area (TPSA) is 41.6 Å². The molecule has 1 aliphatic rings. The third-order valence-electron chi connectivity index (χ3n) is 2.91. The van der Waals surface area contributed by atoms with Crippen LogP contribution in [0.1, 0.15) is 40.0 Å². The number of amides is 1. The number of unbranched alkanes of at least 4 members (excludes halogenated alkanes) is 1. The third-order valence-corrected chi connectivity index (χ3v) is 2.91. The Morgan fingerprint density at radius 1 is 1.56 bits per heavy atom. The lowest BCUT2D eigenvalue weighted by Gasteiger charge is -2.20. The SMILES string of the molecule is CCCCC1NCN(CC(C)OCC)C1=O. The molecule has 1 amide bonds. The lowest BCUT2D eigenvalue weighted by Crippen LogP contribution is -2.36. The molecule has 1 N–H and O–H groups in total. The highest BCUT2D eigenvalue weighted by Gasteiger charge is 2.30. The number of nitrogens with one attached hydrogen (secondary N) is 1. The second-order valence-electron chi connectivity index (χ2n) is 4.38. The highest BCUT2D eigenvalue weighted by atomic mass is 16.5. The molecule has 1 fully saturated rings. The minimum absolute atomic E-state index is 0.0359. The van der Waals surface area contributed by atoms with Crippen molar-refractivity contribution in [3.8, 4) is 0 Å². The Morgan fingerprint density at radius 3 is 2.94 bits per heavy atom. The van der Waals surface area contributed by atoms with Gasteiger partial charge in [0.15, 0.2) is 0 Å². The van der Waals surface area contributed by atoms with Crippen molar-refractivity contribution in [3.63, 3.8) is 0 Å². The summed E-state index contributed by atoms with van der Waals surface area (Å²) in [6.07, 6.45) is 3.33. The van der Waals surface area contributed by atoms with Crippen LogP contribution >= 0.6 is 0 Å². The zero-order valence-corrected chi connectivity index (χ0v) is 10.7. The highest BCUT2D eigenvalue weighted by Crippen LogP contribution is 2.11. The van der Waals surface area contributed by atoms with Gasteiger partial charge in [0.05, 0.1) is 18.8 Å². The van der Waals surface area contributed by atoms with Gasteiger partial charge < -0.3 is 9.64 Å². The van der Waals surface area contributed by atoms with Gasteiger partial charge in [0.25, 0.3) is 0 Å². The van der Waals surface area contributed by atoms with Crippen LogP contribution in [0.5, 0.6) is 0 Å². The van der Waals surface area contributed by atoms with Gasteiger partial charge in [0, 0.05) is 13.2 Å². The highest BCUT2D eigenvalue weighted by molar-refractivity contribution is 5.83. The Balaban J connectivity index is 2.32. The molecule has 2 atom stereocenters. The maximum atomic E-state index is 12.0. The van der Waals surface area contributed by atoms with E-state index in [1.165, 1.54) is 0 Å². The van der Waals surface area contributed by atoms with Crippen molar-refractivity contribution in [2.24, 2.45) is 0 Å². The fourth-order valence-corrected chi connectivity index (χ4v) is 2.04. The molecule has 1 saturated heterocycles. The quantitative estimate of drug-likeness (QED) is 0.715. The molecular formula is C12H24N2O2. The summed E-state index contributed by atoms with van der Waals surface area (Å²) < 4.78 is 5.45. The first-order chi connectivity index (χ1) is 7.69. The smallest absolute Gasteiger partial charge is 0.240 e. The van der Waals surface area contributed by atoms with Gasteiger partial charge in [-0.25, -0.2) is 0 Å². The van der Waals surface area contributed by atoms with E-state index in [1.807, 2.05) is 18.7 Å². The molecular weight excluding hydrogens is 204 g/mol. The van der Waals surface area contributed by atoms with Crippen molar-refractivity contribution in [2.75, 3.05) is 19.8 Å². The molecule has 0 aromatic heterocycles. The number of hydrogen-bond acceptors (Lipinski definition) is 3. The first-order valence-corrected chi connectivity index (χ1v) is 6.32.